The van der Waals surface area contributed by atoms with Crippen LogP contribution in [0.15, 0.2) is 0 Å². The van der Waals surface area contributed by atoms with Gasteiger partial charge >= 0.3 is 0 Å². The smallest absolute Gasteiger partial charge is 0.137 e. The third kappa shape index (κ3) is 1.88. The molecule has 12 heavy (non-hydrogen) atoms. The van der Waals surface area contributed by atoms with Crippen LogP contribution in [-0.2, 0) is 4.74 Å². The average molecular weight is 290 g/mol. The Balaban J connectivity index is 2.58. The van der Waals surface area contributed by atoms with Crippen LogP contribution in [0, 0.1) is 0 Å². The Bertz CT molecular complexity index is 155. The minimum Gasteiger partial charge on any atom is -0.394 e. The third-order valence-corrected chi connectivity index (χ3v) is 2.84. The summed E-state index contributed by atoms with van der Waals surface area (Å²) < 4.78 is 4.48. The summed E-state index contributed by atoms with van der Waals surface area (Å²) in [6, 6.07) is 0. The van der Waals surface area contributed by atoms with Crippen LogP contribution in [0.25, 0.3) is 0 Å². The Labute approximate surface area is 83.1 Å². The number of aliphatic hydroxyl groups excluding tert-OH is 4. The highest BCUT2D eigenvalue weighted by molar-refractivity contribution is 14.1. The fourth-order valence-electron chi connectivity index (χ4n) is 1.08. The highest BCUT2D eigenvalue weighted by atomic mass is 127. The second-order valence-corrected chi connectivity index (χ2v) is 3.91. The molecule has 0 aromatic rings. The predicted molar refractivity (Wildman–Crippen MR) is 47.8 cm³/mol. The number of halogens is 1. The molecule has 72 valence electrons. The average Bonchev–Trinajstić information content (AvgIpc) is 2.32. The first kappa shape index (κ1) is 10.6. The molecule has 0 amide bonds. The highest BCUT2D eigenvalue weighted by Gasteiger charge is 2.44. The van der Waals surface area contributed by atoms with Gasteiger partial charge in [0, 0.05) is 0 Å². The molecule has 4 N–H and O–H groups in total. The van der Waals surface area contributed by atoms with Gasteiger partial charge in [-0.2, -0.15) is 0 Å². The lowest BCUT2D eigenvalue weighted by Gasteiger charge is -2.18. The van der Waals surface area contributed by atoms with Crippen LogP contribution in [-0.4, -0.2) is 55.6 Å². The predicted octanol–water partition coefficient (Wildman–Crippen LogP) is -1.78. The fraction of sp³-hybridized carbons (Fsp3) is 1.00. The van der Waals surface area contributed by atoms with Gasteiger partial charge in [0.1, 0.15) is 28.5 Å². The first-order chi connectivity index (χ1) is 5.57. The Morgan fingerprint density at radius 1 is 1.33 bits per heavy atom. The van der Waals surface area contributed by atoms with Crippen molar-refractivity contribution in [3.05, 3.63) is 0 Å². The SMILES string of the molecule is OCC(O)[C@@H]1O[C@H](I)[C@@H](O)[C@H]1O. The maximum Gasteiger partial charge on any atom is 0.137 e. The van der Waals surface area contributed by atoms with Crippen molar-refractivity contribution in [3.8, 4) is 0 Å². The molecule has 0 aromatic heterocycles. The van der Waals surface area contributed by atoms with E-state index in [0.717, 1.165) is 0 Å². The van der Waals surface area contributed by atoms with Crippen molar-refractivity contribution in [2.24, 2.45) is 0 Å². The maximum atomic E-state index is 9.28. The molecular formula is C6H11IO5. The molecule has 1 aliphatic heterocycles. The zero-order valence-electron chi connectivity index (χ0n) is 6.17. The molecule has 0 aliphatic carbocycles. The largest absolute Gasteiger partial charge is 0.394 e. The molecule has 5 nitrogen and oxygen atoms in total. The van der Waals surface area contributed by atoms with E-state index >= 15 is 0 Å². The van der Waals surface area contributed by atoms with Gasteiger partial charge in [0.05, 0.1) is 6.61 Å². The minimum atomic E-state index is -1.14. The molecule has 1 fully saturated rings. The van der Waals surface area contributed by atoms with E-state index in [1.165, 1.54) is 0 Å². The van der Waals surface area contributed by atoms with E-state index in [1.807, 2.05) is 22.6 Å². The molecule has 1 saturated heterocycles. The summed E-state index contributed by atoms with van der Waals surface area (Å²) in [4.78, 5) is 0. The summed E-state index contributed by atoms with van der Waals surface area (Å²) in [7, 11) is 0. The molecule has 6 heteroatoms. The molecule has 5 atom stereocenters. The Morgan fingerprint density at radius 3 is 2.25 bits per heavy atom. The Kier molecular flexibility index (Phi) is 3.68. The summed E-state index contributed by atoms with van der Waals surface area (Å²) in [6.45, 7) is -0.488. The van der Waals surface area contributed by atoms with Gasteiger partial charge in [0.15, 0.2) is 0 Å². The Morgan fingerprint density at radius 2 is 1.92 bits per heavy atom. The summed E-state index contributed by atoms with van der Waals surface area (Å²) in [5, 5.41) is 36.2. The van der Waals surface area contributed by atoms with Gasteiger partial charge in [-0.15, -0.1) is 0 Å². The lowest BCUT2D eigenvalue weighted by Crippen LogP contribution is -2.40. The molecule has 1 aliphatic rings. The van der Waals surface area contributed by atoms with Gasteiger partial charge in [-0.1, -0.05) is 0 Å². The second kappa shape index (κ2) is 4.16. The van der Waals surface area contributed by atoms with Gasteiger partial charge in [0.2, 0.25) is 0 Å². The number of rotatable bonds is 2. The van der Waals surface area contributed by atoms with E-state index in [2.05, 4.69) is 0 Å². The molecule has 0 bridgehead atoms. The van der Waals surface area contributed by atoms with Crippen LogP contribution in [0.2, 0.25) is 0 Å². The van der Waals surface area contributed by atoms with E-state index in [1.54, 1.807) is 0 Å². The van der Waals surface area contributed by atoms with Crippen LogP contribution in [0.1, 0.15) is 0 Å². The van der Waals surface area contributed by atoms with Gasteiger partial charge in [0.25, 0.3) is 0 Å². The van der Waals surface area contributed by atoms with Crippen LogP contribution in [0.5, 0.6) is 0 Å². The molecular weight excluding hydrogens is 279 g/mol. The van der Waals surface area contributed by atoms with Gasteiger partial charge in [-0.3, -0.25) is 0 Å². The maximum absolute atomic E-state index is 9.28. The van der Waals surface area contributed by atoms with Crippen molar-refractivity contribution in [2.45, 2.75) is 28.5 Å². The molecule has 0 spiro atoms. The van der Waals surface area contributed by atoms with E-state index in [4.69, 9.17) is 14.9 Å². The molecule has 0 saturated carbocycles. The second-order valence-electron chi connectivity index (χ2n) is 2.68. The van der Waals surface area contributed by atoms with Crippen molar-refractivity contribution in [3.63, 3.8) is 0 Å². The highest BCUT2D eigenvalue weighted by Crippen LogP contribution is 2.27. The van der Waals surface area contributed by atoms with E-state index in [-0.39, 0.29) is 0 Å². The monoisotopic (exact) mass is 290 g/mol. The number of alkyl halides is 1. The van der Waals surface area contributed by atoms with Crippen molar-refractivity contribution < 1.29 is 25.2 Å². The van der Waals surface area contributed by atoms with Gasteiger partial charge in [-0.25, -0.2) is 0 Å². The quantitative estimate of drug-likeness (QED) is 0.357. The lowest BCUT2D eigenvalue weighted by atomic mass is 10.1. The summed E-state index contributed by atoms with van der Waals surface area (Å²) in [5.74, 6) is 0. The Hall–Kier alpha value is 0.530. The van der Waals surface area contributed by atoms with Crippen molar-refractivity contribution in [2.75, 3.05) is 6.61 Å². The fourth-order valence-corrected chi connectivity index (χ4v) is 1.85. The molecule has 1 heterocycles. The minimum absolute atomic E-state index is 0.488. The summed E-state index contributed by atoms with van der Waals surface area (Å²) in [6.07, 6.45) is -4.17. The first-order valence-corrected chi connectivity index (χ1v) is 4.77. The van der Waals surface area contributed by atoms with E-state index < -0.39 is 35.1 Å². The zero-order chi connectivity index (χ0) is 9.30. The third-order valence-electron chi connectivity index (χ3n) is 1.81. The standard InChI is InChI=1S/C6H11IO5/c7-6-4(11)3(10)5(12-6)2(9)1-8/h2-6,8-11H,1H2/t2?,3-,4+,5+,6+/m1/s1. The van der Waals surface area contributed by atoms with E-state index in [9.17, 15) is 10.2 Å². The number of ether oxygens (including phenoxy) is 1. The zero-order valence-corrected chi connectivity index (χ0v) is 8.33. The van der Waals surface area contributed by atoms with Crippen LogP contribution >= 0.6 is 22.6 Å². The van der Waals surface area contributed by atoms with Crippen LogP contribution in [0.4, 0.5) is 0 Å². The number of hydrogen-bond acceptors (Lipinski definition) is 5. The topological polar surface area (TPSA) is 90.2 Å². The van der Waals surface area contributed by atoms with Crippen LogP contribution in [0.3, 0.4) is 0 Å². The lowest BCUT2D eigenvalue weighted by molar-refractivity contribution is -0.0700. The molecule has 1 unspecified atom stereocenters. The number of aliphatic hydroxyl groups is 4. The molecule has 0 radical (unpaired) electrons. The van der Waals surface area contributed by atoms with Crippen molar-refractivity contribution in [1.29, 1.82) is 0 Å². The molecule has 1 rings (SSSR count). The molecule has 0 aromatic carbocycles. The van der Waals surface area contributed by atoms with Gasteiger partial charge < -0.3 is 25.2 Å². The summed E-state index contributed by atoms with van der Waals surface area (Å²) >= 11 is 1.81. The van der Waals surface area contributed by atoms with Gasteiger partial charge in [-0.05, 0) is 22.6 Å². The van der Waals surface area contributed by atoms with Crippen molar-refractivity contribution >= 4 is 22.6 Å². The number of hydrogen-bond donors (Lipinski definition) is 4. The first-order valence-electron chi connectivity index (χ1n) is 3.52. The normalized spacial score (nSPS) is 44.8. The summed E-state index contributed by atoms with van der Waals surface area (Å²) in [5.41, 5.74) is 0. The van der Waals surface area contributed by atoms with Crippen LogP contribution < -0.4 is 0 Å². The van der Waals surface area contributed by atoms with E-state index in [0.29, 0.717) is 0 Å². The van der Waals surface area contributed by atoms with Crippen molar-refractivity contribution in [1.82, 2.24) is 0 Å².